The first-order chi connectivity index (χ1) is 3.27. The van der Waals surface area contributed by atoms with Crippen molar-refractivity contribution < 1.29 is 61.3 Å². The van der Waals surface area contributed by atoms with E-state index in [9.17, 15) is 9.90 Å². The molecular weight excluding hydrogens is 133 g/mol. The minimum atomic E-state index is -1.16. The Morgan fingerprint density at radius 3 is 2.38 bits per heavy atom. The first-order valence-corrected chi connectivity index (χ1v) is 1.80. The molecule has 0 unspecified atom stereocenters. The average Bonchev–Trinajstić information content (AvgIpc) is 1.61. The summed E-state index contributed by atoms with van der Waals surface area (Å²) in [5, 5.41) is 9.50. The number of carbonyl (C=O) groups is 1. The minimum absolute atomic E-state index is 0. The van der Waals surface area contributed by atoms with E-state index in [2.05, 4.69) is 4.85 Å². The summed E-state index contributed by atoms with van der Waals surface area (Å²) < 4.78 is 0. The van der Waals surface area contributed by atoms with E-state index < -0.39 is 5.97 Å². The van der Waals surface area contributed by atoms with Gasteiger partial charge in [0.25, 0.3) is 0 Å². The maximum absolute atomic E-state index is 9.50. The van der Waals surface area contributed by atoms with Crippen LogP contribution >= 0.6 is 0 Å². The van der Waals surface area contributed by atoms with E-state index in [1.54, 1.807) is 0 Å². The molecule has 0 aliphatic heterocycles. The van der Waals surface area contributed by atoms with Crippen LogP contribution in [0.15, 0.2) is 0 Å². The molecule has 0 aromatic heterocycles. The number of carboxylic acid groups (broad SMARTS) is 1. The third kappa shape index (κ3) is 9.78. The van der Waals surface area contributed by atoms with Crippen LogP contribution in [-0.2, 0) is 4.79 Å². The van der Waals surface area contributed by atoms with Crippen molar-refractivity contribution in [1.82, 2.24) is 0 Å². The largest absolute Gasteiger partial charge is 1.00 e. The van der Waals surface area contributed by atoms with Gasteiger partial charge in [-0.15, -0.1) is 0 Å². The fourth-order valence-corrected chi connectivity index (χ4v) is 0.147. The molecule has 0 aromatic carbocycles. The van der Waals surface area contributed by atoms with Crippen LogP contribution in [0.4, 0.5) is 0 Å². The smallest absolute Gasteiger partial charge is 0.550 e. The molecule has 0 atom stereocenters. The molecule has 0 heterocycles. The Bertz CT molecular complexity index is 107. The Kier molecular flexibility index (Phi) is 10.8. The standard InChI is InChI=1S/C4H5NO2.K/c1-5-3-2-4(6)7;/h2-3H2,(H,6,7);/q;+1/p-1. The van der Waals surface area contributed by atoms with Gasteiger partial charge in [-0.2, -0.15) is 0 Å². The number of rotatable bonds is 2. The van der Waals surface area contributed by atoms with E-state index in [1.807, 2.05) is 0 Å². The molecule has 4 heteroatoms. The molecule has 0 amide bonds. The van der Waals surface area contributed by atoms with Crippen LogP contribution in [0, 0.1) is 6.57 Å². The molecule has 0 saturated carbocycles. The number of hydrogen-bond donors (Lipinski definition) is 0. The van der Waals surface area contributed by atoms with E-state index >= 15 is 0 Å². The molecule has 0 bridgehead atoms. The molecule has 0 N–H and O–H groups in total. The van der Waals surface area contributed by atoms with Gasteiger partial charge in [0.1, 0.15) is 0 Å². The molecule has 0 spiro atoms. The molecule has 0 rings (SSSR count). The van der Waals surface area contributed by atoms with Crippen molar-refractivity contribution in [3.8, 4) is 0 Å². The van der Waals surface area contributed by atoms with Gasteiger partial charge < -0.3 is 14.7 Å². The zero-order valence-electron chi connectivity index (χ0n) is 4.68. The second-order valence-electron chi connectivity index (χ2n) is 1.00. The van der Waals surface area contributed by atoms with Gasteiger partial charge in [0.05, 0.1) is 6.42 Å². The zero-order valence-corrected chi connectivity index (χ0v) is 7.80. The van der Waals surface area contributed by atoms with Crippen molar-refractivity contribution in [1.29, 1.82) is 0 Å². The van der Waals surface area contributed by atoms with Gasteiger partial charge in [-0.1, -0.05) is 0 Å². The van der Waals surface area contributed by atoms with E-state index in [4.69, 9.17) is 6.57 Å². The molecule has 0 aromatic rings. The Labute approximate surface area is 90.3 Å². The van der Waals surface area contributed by atoms with Crippen molar-refractivity contribution in [2.75, 3.05) is 6.54 Å². The summed E-state index contributed by atoms with van der Waals surface area (Å²) in [4.78, 5) is 12.3. The molecule has 38 valence electrons. The fraction of sp³-hybridized carbons (Fsp3) is 0.500. The summed E-state index contributed by atoms with van der Waals surface area (Å²) >= 11 is 0. The maximum Gasteiger partial charge on any atom is 1.00 e. The van der Waals surface area contributed by atoms with Gasteiger partial charge >= 0.3 is 51.4 Å². The normalized spacial score (nSPS) is 6.38. The van der Waals surface area contributed by atoms with Crippen molar-refractivity contribution in [2.45, 2.75) is 6.42 Å². The molecular formula is C4H4KNO2. The number of hydrogen-bond acceptors (Lipinski definition) is 2. The Hall–Kier alpha value is 0.596. The molecule has 0 aliphatic carbocycles. The van der Waals surface area contributed by atoms with Crippen LogP contribution < -0.4 is 56.5 Å². The summed E-state index contributed by atoms with van der Waals surface area (Å²) in [5.74, 6) is -1.16. The van der Waals surface area contributed by atoms with Crippen molar-refractivity contribution in [2.24, 2.45) is 0 Å². The van der Waals surface area contributed by atoms with E-state index in [-0.39, 0.29) is 64.4 Å². The van der Waals surface area contributed by atoms with Gasteiger partial charge in [-0.3, -0.25) is 0 Å². The van der Waals surface area contributed by atoms with Crippen LogP contribution in [-0.4, -0.2) is 12.5 Å². The first kappa shape index (κ1) is 11.4. The van der Waals surface area contributed by atoms with Gasteiger partial charge in [0.2, 0.25) is 6.54 Å². The predicted molar refractivity (Wildman–Crippen MR) is 21.1 cm³/mol. The van der Waals surface area contributed by atoms with Gasteiger partial charge in [-0.25, -0.2) is 6.57 Å². The molecule has 0 saturated heterocycles. The summed E-state index contributed by atoms with van der Waals surface area (Å²) in [7, 11) is 0. The van der Waals surface area contributed by atoms with E-state index in [0.717, 1.165) is 0 Å². The van der Waals surface area contributed by atoms with Crippen LogP contribution in [0.2, 0.25) is 0 Å². The summed E-state index contributed by atoms with van der Waals surface area (Å²) in [5.41, 5.74) is 0. The first-order valence-electron chi connectivity index (χ1n) is 1.80. The van der Waals surface area contributed by atoms with Crippen molar-refractivity contribution >= 4 is 5.97 Å². The third-order valence-electron chi connectivity index (χ3n) is 0.428. The van der Waals surface area contributed by atoms with E-state index in [0.29, 0.717) is 0 Å². The Morgan fingerprint density at radius 1 is 1.75 bits per heavy atom. The zero-order chi connectivity index (χ0) is 5.70. The second kappa shape index (κ2) is 7.60. The molecule has 0 aliphatic rings. The van der Waals surface area contributed by atoms with Crippen LogP contribution in [0.25, 0.3) is 4.85 Å². The Morgan fingerprint density at radius 2 is 2.25 bits per heavy atom. The van der Waals surface area contributed by atoms with Gasteiger partial charge in [0, 0.05) is 5.97 Å². The quantitative estimate of drug-likeness (QED) is 0.288. The van der Waals surface area contributed by atoms with Crippen LogP contribution in [0.5, 0.6) is 0 Å². The monoisotopic (exact) mass is 137 g/mol. The fourth-order valence-electron chi connectivity index (χ4n) is 0.147. The van der Waals surface area contributed by atoms with Crippen molar-refractivity contribution in [3.63, 3.8) is 0 Å². The molecule has 0 radical (unpaired) electrons. The predicted octanol–water partition coefficient (Wildman–Crippen LogP) is -3.95. The van der Waals surface area contributed by atoms with Gasteiger partial charge in [0.15, 0.2) is 0 Å². The van der Waals surface area contributed by atoms with E-state index in [1.165, 1.54) is 0 Å². The minimum Gasteiger partial charge on any atom is -0.550 e. The number of carboxylic acids is 1. The maximum atomic E-state index is 9.50. The van der Waals surface area contributed by atoms with Crippen LogP contribution in [0.3, 0.4) is 0 Å². The van der Waals surface area contributed by atoms with Crippen LogP contribution in [0.1, 0.15) is 6.42 Å². The number of aliphatic carboxylic acids is 1. The third-order valence-corrected chi connectivity index (χ3v) is 0.428. The SMILES string of the molecule is [C-]#[N+]CCC(=O)[O-].[K+]. The van der Waals surface area contributed by atoms with Crippen molar-refractivity contribution in [3.05, 3.63) is 11.4 Å². The number of nitrogens with zero attached hydrogens (tertiary/aromatic N) is 1. The average molecular weight is 137 g/mol. The number of carbonyl (C=O) groups excluding carboxylic acids is 1. The molecule has 3 nitrogen and oxygen atoms in total. The molecule has 8 heavy (non-hydrogen) atoms. The summed E-state index contributed by atoms with van der Waals surface area (Å²) in [6, 6.07) is 0. The molecule has 0 fully saturated rings. The van der Waals surface area contributed by atoms with Gasteiger partial charge in [-0.05, 0) is 0 Å². The topological polar surface area (TPSA) is 44.5 Å². The summed E-state index contributed by atoms with van der Waals surface area (Å²) in [6.45, 7) is 6.16. The summed E-state index contributed by atoms with van der Waals surface area (Å²) in [6.07, 6.45) is -0.149. The Balaban J connectivity index is 0. The second-order valence-corrected chi connectivity index (χ2v) is 1.00.